The van der Waals surface area contributed by atoms with Crippen molar-refractivity contribution in [1.82, 2.24) is 4.90 Å². The van der Waals surface area contributed by atoms with Gasteiger partial charge in [-0.05, 0) is 44.5 Å². The second-order valence-corrected chi connectivity index (χ2v) is 5.19. The van der Waals surface area contributed by atoms with Crippen molar-refractivity contribution in [2.75, 3.05) is 18.4 Å². The van der Waals surface area contributed by atoms with E-state index in [4.69, 9.17) is 5.11 Å². The van der Waals surface area contributed by atoms with E-state index >= 15 is 0 Å². The van der Waals surface area contributed by atoms with Crippen LogP contribution in [0.2, 0.25) is 0 Å². The highest BCUT2D eigenvalue weighted by atomic mass is 16.4. The molecule has 2 rings (SSSR count). The molecule has 20 heavy (non-hydrogen) atoms. The van der Waals surface area contributed by atoms with Gasteiger partial charge < -0.3 is 10.4 Å². The number of hydrogen-bond donors (Lipinski definition) is 2. The number of carbonyl (C=O) groups excluding carboxylic acids is 1. The Morgan fingerprint density at radius 1 is 1.30 bits per heavy atom. The van der Waals surface area contributed by atoms with E-state index < -0.39 is 17.8 Å². The van der Waals surface area contributed by atoms with E-state index in [-0.39, 0.29) is 0 Å². The maximum absolute atomic E-state index is 11.8. The Balaban J connectivity index is 2.07. The molecule has 5 nitrogen and oxygen atoms in total. The maximum atomic E-state index is 11.8. The monoisotopic (exact) mass is 276 g/mol. The molecule has 1 saturated heterocycles. The molecule has 0 aliphatic carbocycles. The second kappa shape index (κ2) is 6.52. The lowest BCUT2D eigenvalue weighted by molar-refractivity contribution is -0.144. The number of nitrogens with zero attached hydrogens (tertiary/aromatic N) is 1. The minimum Gasteiger partial charge on any atom is -0.481 e. The predicted molar refractivity (Wildman–Crippen MR) is 76.4 cm³/mol. The third kappa shape index (κ3) is 3.57. The van der Waals surface area contributed by atoms with E-state index in [1.54, 1.807) is 0 Å². The van der Waals surface area contributed by atoms with Crippen molar-refractivity contribution in [3.63, 3.8) is 0 Å². The number of carboxylic acids is 1. The van der Waals surface area contributed by atoms with Crippen LogP contribution in [0.25, 0.3) is 0 Å². The average molecular weight is 276 g/mol. The van der Waals surface area contributed by atoms with Crippen LogP contribution >= 0.6 is 0 Å². The van der Waals surface area contributed by atoms with Crippen LogP contribution in [0.15, 0.2) is 24.3 Å². The van der Waals surface area contributed by atoms with Gasteiger partial charge in [-0.15, -0.1) is 0 Å². The molecular weight excluding hydrogens is 256 g/mol. The van der Waals surface area contributed by atoms with Gasteiger partial charge in [-0.2, -0.15) is 0 Å². The summed E-state index contributed by atoms with van der Waals surface area (Å²) >= 11 is 0. The maximum Gasteiger partial charge on any atom is 0.315 e. The lowest BCUT2D eigenvalue weighted by Gasteiger charge is -2.18. The van der Waals surface area contributed by atoms with E-state index in [0.717, 1.165) is 25.2 Å². The molecule has 0 spiro atoms. The summed E-state index contributed by atoms with van der Waals surface area (Å²) in [7, 11) is 0. The highest BCUT2D eigenvalue weighted by molar-refractivity contribution is 6.04. The number of para-hydroxylation sites is 1. The Kier molecular flexibility index (Phi) is 4.74. The van der Waals surface area contributed by atoms with E-state index in [1.807, 2.05) is 24.3 Å². The van der Waals surface area contributed by atoms with Crippen molar-refractivity contribution >= 4 is 17.6 Å². The number of amides is 1. The minimum atomic E-state index is -1.11. The first-order chi connectivity index (χ1) is 9.58. The van der Waals surface area contributed by atoms with Gasteiger partial charge in [-0.25, -0.2) is 0 Å². The number of rotatable bonds is 5. The Morgan fingerprint density at radius 3 is 2.60 bits per heavy atom. The van der Waals surface area contributed by atoms with Gasteiger partial charge in [-0.1, -0.05) is 18.2 Å². The third-order valence-electron chi connectivity index (χ3n) is 3.63. The van der Waals surface area contributed by atoms with Crippen LogP contribution in [0.5, 0.6) is 0 Å². The number of hydrogen-bond acceptors (Lipinski definition) is 3. The Labute approximate surface area is 118 Å². The molecule has 0 saturated carbocycles. The van der Waals surface area contributed by atoms with E-state index in [0.29, 0.717) is 5.69 Å². The van der Waals surface area contributed by atoms with E-state index in [2.05, 4.69) is 10.2 Å². The first-order valence-electron chi connectivity index (χ1n) is 6.92. The van der Waals surface area contributed by atoms with Crippen molar-refractivity contribution in [3.8, 4) is 0 Å². The molecule has 1 aliphatic rings. The molecule has 2 N–H and O–H groups in total. The quantitative estimate of drug-likeness (QED) is 0.806. The minimum absolute atomic E-state index is 0.480. The van der Waals surface area contributed by atoms with E-state index in [9.17, 15) is 9.59 Å². The molecule has 1 aromatic carbocycles. The largest absolute Gasteiger partial charge is 0.481 e. The lowest BCUT2D eigenvalue weighted by Crippen LogP contribution is -2.28. The van der Waals surface area contributed by atoms with Gasteiger partial charge in [0.15, 0.2) is 0 Å². The number of aliphatic carboxylic acids is 1. The Morgan fingerprint density at radius 2 is 1.95 bits per heavy atom. The standard InChI is InChI=1S/C15H20N2O3/c1-11(15(19)20)14(18)16-13-7-3-2-6-12(13)10-17-8-4-5-9-17/h2-3,6-7,11H,4-5,8-10H2,1H3,(H,16,18)(H,19,20). The van der Waals surface area contributed by atoms with Crippen molar-refractivity contribution in [2.45, 2.75) is 26.3 Å². The van der Waals surface area contributed by atoms with Crippen molar-refractivity contribution in [3.05, 3.63) is 29.8 Å². The topological polar surface area (TPSA) is 69.6 Å². The molecule has 1 heterocycles. The van der Waals surface area contributed by atoms with Gasteiger partial charge in [0.05, 0.1) is 0 Å². The molecular formula is C15H20N2O3. The lowest BCUT2D eigenvalue weighted by atomic mass is 10.1. The summed E-state index contributed by atoms with van der Waals surface area (Å²) in [6, 6.07) is 7.56. The highest BCUT2D eigenvalue weighted by Crippen LogP contribution is 2.20. The number of anilines is 1. The summed E-state index contributed by atoms with van der Waals surface area (Å²) in [5, 5.41) is 11.6. The van der Waals surface area contributed by atoms with Crippen LogP contribution in [-0.4, -0.2) is 35.0 Å². The zero-order chi connectivity index (χ0) is 14.5. The Hall–Kier alpha value is -1.88. The number of nitrogens with one attached hydrogen (secondary N) is 1. The van der Waals surface area contributed by atoms with Crippen LogP contribution < -0.4 is 5.32 Å². The first kappa shape index (κ1) is 14.5. The molecule has 0 aromatic heterocycles. The first-order valence-corrected chi connectivity index (χ1v) is 6.92. The van der Waals surface area contributed by atoms with Crippen molar-refractivity contribution in [1.29, 1.82) is 0 Å². The summed E-state index contributed by atoms with van der Waals surface area (Å²) in [5.41, 5.74) is 1.73. The predicted octanol–water partition coefficient (Wildman–Crippen LogP) is 1.94. The van der Waals surface area contributed by atoms with Crippen LogP contribution in [0.3, 0.4) is 0 Å². The zero-order valence-corrected chi connectivity index (χ0v) is 11.6. The molecule has 1 atom stereocenters. The van der Waals surface area contributed by atoms with Crippen LogP contribution in [0.4, 0.5) is 5.69 Å². The molecule has 1 aromatic rings. The number of carbonyl (C=O) groups is 2. The fourth-order valence-corrected chi connectivity index (χ4v) is 2.31. The third-order valence-corrected chi connectivity index (χ3v) is 3.63. The molecule has 1 aliphatic heterocycles. The molecule has 0 bridgehead atoms. The summed E-state index contributed by atoms with van der Waals surface area (Å²) in [4.78, 5) is 25.0. The van der Waals surface area contributed by atoms with Crippen molar-refractivity contribution < 1.29 is 14.7 Å². The molecule has 1 fully saturated rings. The zero-order valence-electron chi connectivity index (χ0n) is 11.6. The Bertz CT molecular complexity index is 496. The smallest absolute Gasteiger partial charge is 0.315 e. The normalized spacial score (nSPS) is 16.9. The number of carboxylic acid groups (broad SMARTS) is 1. The van der Waals surface area contributed by atoms with Crippen LogP contribution in [0.1, 0.15) is 25.3 Å². The molecule has 0 radical (unpaired) electrons. The fourth-order valence-electron chi connectivity index (χ4n) is 2.31. The SMILES string of the molecule is CC(C(=O)O)C(=O)Nc1ccccc1CN1CCCC1. The van der Waals surface area contributed by atoms with Gasteiger partial charge in [-0.3, -0.25) is 14.5 Å². The van der Waals surface area contributed by atoms with Crippen LogP contribution in [-0.2, 0) is 16.1 Å². The second-order valence-electron chi connectivity index (χ2n) is 5.19. The summed E-state index contributed by atoms with van der Waals surface area (Å²) in [6.07, 6.45) is 2.43. The molecule has 1 amide bonds. The van der Waals surface area contributed by atoms with Gasteiger partial charge in [0.1, 0.15) is 5.92 Å². The fraction of sp³-hybridized carbons (Fsp3) is 0.467. The number of likely N-dealkylation sites (tertiary alicyclic amines) is 1. The van der Waals surface area contributed by atoms with Crippen molar-refractivity contribution in [2.24, 2.45) is 5.92 Å². The summed E-state index contributed by atoms with van der Waals surface area (Å²) in [6.45, 7) is 4.33. The number of benzene rings is 1. The highest BCUT2D eigenvalue weighted by Gasteiger charge is 2.21. The van der Waals surface area contributed by atoms with Gasteiger partial charge in [0.25, 0.3) is 0 Å². The van der Waals surface area contributed by atoms with Gasteiger partial charge >= 0.3 is 5.97 Å². The summed E-state index contributed by atoms with van der Waals surface area (Å²) in [5.74, 6) is -2.64. The molecule has 1 unspecified atom stereocenters. The summed E-state index contributed by atoms with van der Waals surface area (Å²) < 4.78 is 0. The van der Waals surface area contributed by atoms with Crippen LogP contribution in [0, 0.1) is 5.92 Å². The molecule has 5 heteroatoms. The van der Waals surface area contributed by atoms with Gasteiger partial charge in [0.2, 0.25) is 5.91 Å². The van der Waals surface area contributed by atoms with Gasteiger partial charge in [0, 0.05) is 12.2 Å². The van der Waals surface area contributed by atoms with E-state index in [1.165, 1.54) is 19.8 Å². The average Bonchev–Trinajstić information content (AvgIpc) is 2.92. The molecule has 108 valence electrons.